The Morgan fingerprint density at radius 3 is 2.61 bits per heavy atom. The summed E-state index contributed by atoms with van der Waals surface area (Å²) in [5.74, 6) is -0.987. The van der Waals surface area contributed by atoms with Crippen LogP contribution in [0.25, 0.3) is 11.2 Å². The summed E-state index contributed by atoms with van der Waals surface area (Å²) in [6, 6.07) is 0. The maximum absolute atomic E-state index is 12.6. The van der Waals surface area contributed by atoms with Gasteiger partial charge in [-0.3, -0.25) is 14.4 Å². The molecule has 0 saturated carbocycles. The van der Waals surface area contributed by atoms with Crippen LogP contribution in [0.1, 0.15) is 29.1 Å². The fraction of sp³-hybridized carbons (Fsp3) is 0.357. The second-order valence-corrected chi connectivity index (χ2v) is 5.34. The van der Waals surface area contributed by atoms with E-state index < -0.39 is 17.4 Å². The number of fused-ring (bicyclic) bond motifs is 1. The van der Waals surface area contributed by atoms with E-state index in [-0.39, 0.29) is 22.8 Å². The second kappa shape index (κ2) is 6.42. The topological polar surface area (TPSA) is 110 Å². The first-order valence-electron chi connectivity index (χ1n) is 6.85. The maximum Gasteiger partial charge on any atom is 0.290 e. The third-order valence-corrected chi connectivity index (χ3v) is 2.82. The molecule has 2 heterocycles. The van der Waals surface area contributed by atoms with Gasteiger partial charge < -0.3 is 4.90 Å². The van der Waals surface area contributed by atoms with E-state index in [9.17, 15) is 14.4 Å². The molecule has 0 N–H and O–H groups in total. The van der Waals surface area contributed by atoms with Crippen LogP contribution in [0.5, 0.6) is 0 Å². The van der Waals surface area contributed by atoms with Crippen LogP contribution in [0.4, 0.5) is 5.95 Å². The molecule has 23 heavy (non-hydrogen) atoms. The molecule has 2 aromatic heterocycles. The number of aliphatic imine (C=N–C) groups is 1. The standard InChI is InChI=1S/C14H16N6O3/c1-8(2)12(22)20-13(23)10-11(15-5-9(6-21)17-10)18-14(20)16-7-19(3)4/h5-8H,1-4H3/b16-7+. The van der Waals surface area contributed by atoms with Crippen molar-refractivity contribution in [1.29, 1.82) is 0 Å². The van der Waals surface area contributed by atoms with Crippen molar-refractivity contribution in [3.8, 4) is 0 Å². The smallest absolute Gasteiger partial charge is 0.290 e. The van der Waals surface area contributed by atoms with E-state index in [4.69, 9.17) is 0 Å². The molecule has 0 unspecified atom stereocenters. The molecule has 0 aromatic carbocycles. The SMILES string of the molecule is CC(C)C(=O)n1c(/N=C/N(C)C)nc2ncc(C=O)nc2c1=O. The first-order valence-corrected chi connectivity index (χ1v) is 6.85. The number of hydrogen-bond donors (Lipinski definition) is 0. The zero-order valence-electron chi connectivity index (χ0n) is 13.2. The van der Waals surface area contributed by atoms with E-state index >= 15 is 0 Å². The Morgan fingerprint density at radius 1 is 1.35 bits per heavy atom. The van der Waals surface area contributed by atoms with E-state index in [2.05, 4.69) is 19.9 Å². The molecule has 0 atom stereocenters. The molecule has 0 amide bonds. The van der Waals surface area contributed by atoms with Gasteiger partial charge >= 0.3 is 0 Å². The van der Waals surface area contributed by atoms with Crippen molar-refractivity contribution < 1.29 is 9.59 Å². The van der Waals surface area contributed by atoms with Gasteiger partial charge in [-0.25, -0.2) is 19.5 Å². The van der Waals surface area contributed by atoms with Crippen molar-refractivity contribution in [2.45, 2.75) is 13.8 Å². The highest BCUT2D eigenvalue weighted by Crippen LogP contribution is 2.12. The monoisotopic (exact) mass is 316 g/mol. The molecular formula is C14H16N6O3. The van der Waals surface area contributed by atoms with Crippen LogP contribution in [0, 0.1) is 5.92 Å². The lowest BCUT2D eigenvalue weighted by Crippen LogP contribution is -2.31. The van der Waals surface area contributed by atoms with E-state index in [0.717, 1.165) is 4.57 Å². The van der Waals surface area contributed by atoms with Gasteiger partial charge in [0, 0.05) is 20.0 Å². The minimum Gasteiger partial charge on any atom is -0.369 e. The number of hydrogen-bond acceptors (Lipinski definition) is 7. The van der Waals surface area contributed by atoms with Gasteiger partial charge in [-0.1, -0.05) is 13.8 Å². The highest BCUT2D eigenvalue weighted by Gasteiger charge is 2.20. The number of carbonyl (C=O) groups is 2. The summed E-state index contributed by atoms with van der Waals surface area (Å²) in [7, 11) is 3.49. The first kappa shape index (κ1) is 16.4. The van der Waals surface area contributed by atoms with Crippen molar-refractivity contribution in [2.24, 2.45) is 10.9 Å². The summed E-state index contributed by atoms with van der Waals surface area (Å²) in [5.41, 5.74) is -0.827. The van der Waals surface area contributed by atoms with E-state index in [1.54, 1.807) is 32.8 Å². The van der Waals surface area contributed by atoms with Crippen LogP contribution in [0.2, 0.25) is 0 Å². The summed E-state index contributed by atoms with van der Waals surface area (Å²) in [4.78, 5) is 53.4. The Balaban J connectivity index is 2.82. The number of nitrogens with zero attached hydrogens (tertiary/aromatic N) is 6. The lowest BCUT2D eigenvalue weighted by Gasteiger charge is -2.11. The molecule has 0 aliphatic carbocycles. The Kier molecular flexibility index (Phi) is 4.58. The second-order valence-electron chi connectivity index (χ2n) is 5.34. The van der Waals surface area contributed by atoms with Crippen LogP contribution >= 0.6 is 0 Å². The van der Waals surface area contributed by atoms with Gasteiger partial charge in [0.05, 0.1) is 12.5 Å². The van der Waals surface area contributed by atoms with E-state index in [1.807, 2.05) is 0 Å². The van der Waals surface area contributed by atoms with Gasteiger partial charge in [-0.15, -0.1) is 0 Å². The lowest BCUT2D eigenvalue weighted by atomic mass is 10.2. The molecule has 2 aromatic rings. The molecule has 0 bridgehead atoms. The minimum absolute atomic E-state index is 0.00973. The highest BCUT2D eigenvalue weighted by molar-refractivity contribution is 5.86. The Labute approximate surface area is 131 Å². The predicted molar refractivity (Wildman–Crippen MR) is 84.3 cm³/mol. The summed E-state index contributed by atoms with van der Waals surface area (Å²) in [5, 5.41) is 0. The highest BCUT2D eigenvalue weighted by atomic mass is 16.2. The molecular weight excluding hydrogens is 300 g/mol. The normalized spacial score (nSPS) is 11.3. The zero-order valence-corrected chi connectivity index (χ0v) is 13.2. The molecule has 9 nitrogen and oxygen atoms in total. The van der Waals surface area contributed by atoms with Gasteiger partial charge in [0.25, 0.3) is 5.56 Å². The molecule has 0 saturated heterocycles. The summed E-state index contributed by atoms with van der Waals surface area (Å²) in [6.07, 6.45) is 3.10. The molecule has 0 aliphatic rings. The van der Waals surface area contributed by atoms with Gasteiger partial charge in [0.2, 0.25) is 11.9 Å². The Hall–Kier alpha value is -2.97. The van der Waals surface area contributed by atoms with Crippen LogP contribution in [-0.4, -0.2) is 57.0 Å². The Morgan fingerprint density at radius 2 is 2.04 bits per heavy atom. The van der Waals surface area contributed by atoms with Crippen molar-refractivity contribution >= 4 is 35.6 Å². The molecule has 0 radical (unpaired) electrons. The number of rotatable bonds is 4. The summed E-state index contributed by atoms with van der Waals surface area (Å²) in [6.45, 7) is 3.32. The van der Waals surface area contributed by atoms with Crippen molar-refractivity contribution in [3.05, 3.63) is 22.2 Å². The quantitative estimate of drug-likeness (QED) is 0.459. The molecule has 2 rings (SSSR count). The van der Waals surface area contributed by atoms with Crippen LogP contribution in [0.15, 0.2) is 16.0 Å². The summed E-state index contributed by atoms with van der Waals surface area (Å²) >= 11 is 0. The first-order chi connectivity index (χ1) is 10.8. The third-order valence-electron chi connectivity index (χ3n) is 2.82. The zero-order chi connectivity index (χ0) is 17.1. The van der Waals surface area contributed by atoms with E-state index in [1.165, 1.54) is 12.5 Å². The minimum atomic E-state index is -0.698. The van der Waals surface area contributed by atoms with Crippen LogP contribution < -0.4 is 5.56 Å². The maximum atomic E-state index is 12.6. The van der Waals surface area contributed by atoms with Crippen molar-refractivity contribution in [3.63, 3.8) is 0 Å². The van der Waals surface area contributed by atoms with Crippen LogP contribution in [0.3, 0.4) is 0 Å². The van der Waals surface area contributed by atoms with E-state index in [0.29, 0.717) is 6.29 Å². The third kappa shape index (κ3) is 3.28. The largest absolute Gasteiger partial charge is 0.369 e. The summed E-state index contributed by atoms with van der Waals surface area (Å²) < 4.78 is 0.857. The average molecular weight is 316 g/mol. The molecule has 0 fully saturated rings. The van der Waals surface area contributed by atoms with Gasteiger partial charge in [-0.05, 0) is 0 Å². The Bertz CT molecular complexity index is 853. The molecule has 0 spiro atoms. The van der Waals surface area contributed by atoms with Gasteiger partial charge in [0.15, 0.2) is 17.5 Å². The molecule has 9 heteroatoms. The fourth-order valence-corrected chi connectivity index (χ4v) is 1.73. The number of aldehydes is 1. The lowest BCUT2D eigenvalue weighted by molar-refractivity contribution is 0.0852. The van der Waals surface area contributed by atoms with Gasteiger partial charge in [-0.2, -0.15) is 4.98 Å². The fourth-order valence-electron chi connectivity index (χ4n) is 1.73. The van der Waals surface area contributed by atoms with Crippen molar-refractivity contribution in [1.82, 2.24) is 24.4 Å². The van der Waals surface area contributed by atoms with Gasteiger partial charge in [0.1, 0.15) is 5.69 Å². The number of carbonyl (C=O) groups excluding carboxylic acids is 2. The van der Waals surface area contributed by atoms with Crippen molar-refractivity contribution in [2.75, 3.05) is 14.1 Å². The average Bonchev–Trinajstić information content (AvgIpc) is 2.52. The number of aromatic nitrogens is 4. The van der Waals surface area contributed by atoms with Crippen LogP contribution in [-0.2, 0) is 0 Å². The predicted octanol–water partition coefficient (Wildman–Crippen LogP) is 0.517. The molecule has 120 valence electrons. The molecule has 0 aliphatic heterocycles.